The van der Waals surface area contributed by atoms with Crippen LogP contribution in [0.25, 0.3) is 0 Å². The molecule has 0 aliphatic heterocycles. The number of hydrogen-bond acceptors (Lipinski definition) is 1. The molecule has 0 aromatic rings. The zero-order valence-corrected chi connectivity index (χ0v) is 7.24. The van der Waals surface area contributed by atoms with E-state index in [1.807, 2.05) is 6.92 Å². The van der Waals surface area contributed by atoms with Gasteiger partial charge in [-0.15, -0.1) is 11.6 Å². The lowest BCUT2D eigenvalue weighted by Gasteiger charge is -2.13. The monoisotopic (exact) mass is 163 g/mol. The second-order valence-electron chi connectivity index (χ2n) is 2.28. The number of nitrogens with one attached hydrogen (secondary N) is 1. The predicted octanol–water partition coefficient (Wildman–Crippen LogP) is 1.53. The van der Waals surface area contributed by atoms with Crippen LogP contribution in [0.3, 0.4) is 0 Å². The van der Waals surface area contributed by atoms with Crippen molar-refractivity contribution in [1.82, 2.24) is 5.32 Å². The molecule has 0 aliphatic rings. The van der Waals surface area contributed by atoms with Crippen molar-refractivity contribution in [3.05, 3.63) is 0 Å². The predicted molar refractivity (Wildman–Crippen MR) is 43.2 cm³/mol. The average Bonchev–Trinajstić information content (AvgIpc) is 1.86. The highest BCUT2D eigenvalue weighted by molar-refractivity contribution is 6.17. The van der Waals surface area contributed by atoms with Gasteiger partial charge in [0.2, 0.25) is 5.91 Å². The molecule has 1 amide bonds. The normalized spacial score (nSPS) is 12.7. The van der Waals surface area contributed by atoms with Crippen molar-refractivity contribution in [2.75, 3.05) is 5.88 Å². The van der Waals surface area contributed by atoms with Gasteiger partial charge in [-0.25, -0.2) is 0 Å². The summed E-state index contributed by atoms with van der Waals surface area (Å²) in [5.41, 5.74) is 0. The van der Waals surface area contributed by atoms with Crippen LogP contribution in [-0.2, 0) is 4.79 Å². The third kappa shape index (κ3) is 4.62. The van der Waals surface area contributed by atoms with Gasteiger partial charge in [0.15, 0.2) is 0 Å². The van der Waals surface area contributed by atoms with Gasteiger partial charge >= 0.3 is 0 Å². The van der Waals surface area contributed by atoms with E-state index in [-0.39, 0.29) is 11.9 Å². The molecule has 10 heavy (non-hydrogen) atoms. The number of hydrogen-bond donors (Lipinski definition) is 1. The lowest BCUT2D eigenvalue weighted by molar-refractivity contribution is -0.119. The van der Waals surface area contributed by atoms with Crippen LogP contribution in [0.5, 0.6) is 0 Å². The molecule has 1 N–H and O–H groups in total. The smallest absolute Gasteiger partial charge is 0.217 e. The quantitative estimate of drug-likeness (QED) is 0.626. The van der Waals surface area contributed by atoms with Gasteiger partial charge < -0.3 is 5.32 Å². The van der Waals surface area contributed by atoms with Crippen molar-refractivity contribution >= 4 is 17.5 Å². The molecule has 0 saturated heterocycles. The molecule has 0 fully saturated rings. The van der Waals surface area contributed by atoms with Gasteiger partial charge in [-0.2, -0.15) is 0 Å². The van der Waals surface area contributed by atoms with E-state index >= 15 is 0 Å². The van der Waals surface area contributed by atoms with E-state index in [2.05, 4.69) is 5.32 Å². The number of carbonyl (C=O) groups is 1. The van der Waals surface area contributed by atoms with Crippen molar-refractivity contribution in [2.45, 2.75) is 32.7 Å². The summed E-state index contributed by atoms with van der Waals surface area (Å²) in [7, 11) is 0. The van der Waals surface area contributed by atoms with Gasteiger partial charge in [0, 0.05) is 18.8 Å². The van der Waals surface area contributed by atoms with Gasteiger partial charge in [0.1, 0.15) is 0 Å². The van der Waals surface area contributed by atoms with Crippen LogP contribution in [-0.4, -0.2) is 17.8 Å². The maximum Gasteiger partial charge on any atom is 0.217 e. The molecule has 0 rings (SSSR count). The van der Waals surface area contributed by atoms with Crippen molar-refractivity contribution in [2.24, 2.45) is 0 Å². The fourth-order valence-corrected chi connectivity index (χ4v) is 1.06. The van der Waals surface area contributed by atoms with Crippen LogP contribution in [0, 0.1) is 0 Å². The zero-order valence-electron chi connectivity index (χ0n) is 6.48. The third-order valence-electron chi connectivity index (χ3n) is 1.36. The Morgan fingerprint density at radius 1 is 1.70 bits per heavy atom. The topological polar surface area (TPSA) is 29.1 Å². The van der Waals surface area contributed by atoms with Gasteiger partial charge in [-0.05, 0) is 12.8 Å². The summed E-state index contributed by atoms with van der Waals surface area (Å²) in [6, 6.07) is 0.259. The molecular formula is C7H14ClNO. The molecule has 2 nitrogen and oxygen atoms in total. The molecule has 0 heterocycles. The molecule has 0 bridgehead atoms. The van der Waals surface area contributed by atoms with Crippen molar-refractivity contribution in [3.8, 4) is 0 Å². The standard InChI is InChI=1S/C7H14ClNO/c1-3-7(4-5-8)9-6(2)10/h7H,3-5H2,1-2H3,(H,9,10). The first-order valence-electron chi connectivity index (χ1n) is 3.53. The third-order valence-corrected chi connectivity index (χ3v) is 1.58. The van der Waals surface area contributed by atoms with Crippen LogP contribution < -0.4 is 5.32 Å². The lowest BCUT2D eigenvalue weighted by atomic mass is 10.2. The Kier molecular flexibility index (Phi) is 5.40. The Balaban J connectivity index is 3.49. The maximum atomic E-state index is 10.5. The summed E-state index contributed by atoms with van der Waals surface area (Å²) in [6.07, 6.45) is 1.81. The lowest BCUT2D eigenvalue weighted by Crippen LogP contribution is -2.32. The summed E-state index contributed by atoms with van der Waals surface area (Å²) in [6.45, 7) is 3.56. The SMILES string of the molecule is CCC(CCCl)NC(C)=O. The number of carbonyl (C=O) groups excluding carboxylic acids is 1. The Morgan fingerprint density at radius 3 is 2.60 bits per heavy atom. The number of alkyl halides is 1. The molecule has 0 aliphatic carbocycles. The highest BCUT2D eigenvalue weighted by Crippen LogP contribution is 1.98. The first-order chi connectivity index (χ1) is 4.70. The van der Waals surface area contributed by atoms with Gasteiger partial charge in [-0.1, -0.05) is 6.92 Å². The van der Waals surface area contributed by atoms with E-state index in [9.17, 15) is 4.79 Å². The number of rotatable bonds is 4. The fourth-order valence-electron chi connectivity index (χ4n) is 0.798. The van der Waals surface area contributed by atoms with Crippen molar-refractivity contribution in [3.63, 3.8) is 0 Å². The number of halogens is 1. The molecule has 0 aromatic carbocycles. The molecule has 0 radical (unpaired) electrons. The molecule has 1 atom stereocenters. The van der Waals surface area contributed by atoms with E-state index in [4.69, 9.17) is 11.6 Å². The minimum atomic E-state index is 0.0250. The second-order valence-corrected chi connectivity index (χ2v) is 2.66. The van der Waals surface area contributed by atoms with Gasteiger partial charge in [-0.3, -0.25) is 4.79 Å². The molecule has 1 unspecified atom stereocenters. The van der Waals surface area contributed by atoms with E-state index in [1.54, 1.807) is 0 Å². The molecule has 60 valence electrons. The Hall–Kier alpha value is -0.240. The van der Waals surface area contributed by atoms with Crippen LogP contribution in [0.4, 0.5) is 0 Å². The van der Waals surface area contributed by atoms with Crippen LogP contribution in [0.15, 0.2) is 0 Å². The number of amides is 1. The largest absolute Gasteiger partial charge is 0.354 e. The van der Waals surface area contributed by atoms with Gasteiger partial charge in [0.25, 0.3) is 0 Å². The van der Waals surface area contributed by atoms with E-state index in [0.29, 0.717) is 5.88 Å². The van der Waals surface area contributed by atoms with E-state index in [0.717, 1.165) is 12.8 Å². The maximum absolute atomic E-state index is 10.5. The average molecular weight is 164 g/mol. The Labute approximate surface area is 66.9 Å². The highest BCUT2D eigenvalue weighted by atomic mass is 35.5. The van der Waals surface area contributed by atoms with E-state index < -0.39 is 0 Å². The van der Waals surface area contributed by atoms with E-state index in [1.165, 1.54) is 6.92 Å². The van der Waals surface area contributed by atoms with Crippen molar-refractivity contribution in [1.29, 1.82) is 0 Å². The van der Waals surface area contributed by atoms with Crippen molar-refractivity contribution < 1.29 is 4.79 Å². The molecule has 0 aromatic heterocycles. The molecule has 0 saturated carbocycles. The van der Waals surface area contributed by atoms with Gasteiger partial charge in [0.05, 0.1) is 0 Å². The molecular weight excluding hydrogens is 150 g/mol. The first-order valence-corrected chi connectivity index (χ1v) is 4.07. The second kappa shape index (κ2) is 5.54. The zero-order chi connectivity index (χ0) is 7.98. The molecule has 0 spiro atoms. The fraction of sp³-hybridized carbons (Fsp3) is 0.857. The summed E-state index contributed by atoms with van der Waals surface area (Å²) in [4.78, 5) is 10.5. The summed E-state index contributed by atoms with van der Waals surface area (Å²) in [5.74, 6) is 0.635. The minimum Gasteiger partial charge on any atom is -0.354 e. The summed E-state index contributed by atoms with van der Waals surface area (Å²) < 4.78 is 0. The van der Waals surface area contributed by atoms with Crippen LogP contribution in [0.2, 0.25) is 0 Å². The Bertz CT molecular complexity index is 106. The van der Waals surface area contributed by atoms with Crippen LogP contribution in [0.1, 0.15) is 26.7 Å². The molecule has 3 heteroatoms. The minimum absolute atomic E-state index is 0.0250. The van der Waals surface area contributed by atoms with Crippen LogP contribution >= 0.6 is 11.6 Å². The highest BCUT2D eigenvalue weighted by Gasteiger charge is 2.04. The summed E-state index contributed by atoms with van der Waals surface area (Å²) in [5, 5.41) is 2.81. The first kappa shape index (κ1) is 9.76. The Morgan fingerprint density at radius 2 is 2.30 bits per heavy atom. The summed E-state index contributed by atoms with van der Waals surface area (Å²) >= 11 is 5.51.